The minimum absolute atomic E-state index is 0.201. The molecule has 1 heterocycles. The van der Waals surface area contributed by atoms with Gasteiger partial charge in [-0.2, -0.15) is 0 Å². The molecule has 3 aromatic carbocycles. The summed E-state index contributed by atoms with van der Waals surface area (Å²) < 4.78 is 5.43. The molecule has 0 spiro atoms. The maximum absolute atomic E-state index is 13.0. The second kappa shape index (κ2) is 12.5. The fourth-order valence-electron chi connectivity index (χ4n) is 4.36. The van der Waals surface area contributed by atoms with E-state index < -0.39 is 0 Å². The van der Waals surface area contributed by atoms with Crippen molar-refractivity contribution in [2.45, 2.75) is 27.3 Å². The molecule has 3 aromatic rings. The average molecular weight is 501 g/mol. The van der Waals surface area contributed by atoms with Crippen LogP contribution in [0.5, 0.6) is 0 Å². The summed E-state index contributed by atoms with van der Waals surface area (Å²) in [6, 6.07) is 20.9. The molecule has 1 aliphatic heterocycles. The van der Waals surface area contributed by atoms with Crippen molar-refractivity contribution >= 4 is 28.9 Å². The van der Waals surface area contributed by atoms with Crippen molar-refractivity contribution in [2.24, 2.45) is 0 Å². The van der Waals surface area contributed by atoms with Gasteiger partial charge in [-0.05, 0) is 73.6 Å². The van der Waals surface area contributed by atoms with Crippen LogP contribution in [0.3, 0.4) is 0 Å². The summed E-state index contributed by atoms with van der Waals surface area (Å²) >= 11 is 0. The first-order valence-electron chi connectivity index (χ1n) is 12.9. The molecule has 7 nitrogen and oxygen atoms in total. The first kappa shape index (κ1) is 26.4. The average Bonchev–Trinajstić information content (AvgIpc) is 2.93. The summed E-state index contributed by atoms with van der Waals surface area (Å²) in [4.78, 5) is 30.5. The Morgan fingerprint density at radius 2 is 1.54 bits per heavy atom. The molecule has 0 bridgehead atoms. The highest BCUT2D eigenvalue weighted by atomic mass is 16.5. The summed E-state index contributed by atoms with van der Waals surface area (Å²) in [5.41, 5.74) is 5.52. The Balaban J connectivity index is 1.42. The summed E-state index contributed by atoms with van der Waals surface area (Å²) in [6.45, 7) is 12.1. The Kier molecular flexibility index (Phi) is 8.93. The second-order valence-corrected chi connectivity index (χ2v) is 9.25. The van der Waals surface area contributed by atoms with Crippen LogP contribution in [0.15, 0.2) is 66.7 Å². The maximum atomic E-state index is 13.0. The standard InChI is InChI=1S/C30H36N4O3/c1-4-33(5-2)21-23-10-13-24(14-11-23)29(35)32-28-19-25(12-9-22(28)3)30(36)31-26-7-6-8-27(20-26)34-15-17-37-18-16-34/h6-14,19-20H,4-5,15-18,21H2,1-3H3,(H,31,36)(H,32,35). The summed E-state index contributed by atoms with van der Waals surface area (Å²) in [5, 5.41) is 5.96. The van der Waals surface area contributed by atoms with E-state index in [0.29, 0.717) is 30.0 Å². The van der Waals surface area contributed by atoms with Crippen molar-refractivity contribution in [1.29, 1.82) is 0 Å². The molecule has 2 amide bonds. The second-order valence-electron chi connectivity index (χ2n) is 9.25. The van der Waals surface area contributed by atoms with Gasteiger partial charge in [-0.1, -0.05) is 38.1 Å². The number of benzene rings is 3. The van der Waals surface area contributed by atoms with Gasteiger partial charge in [0.15, 0.2) is 0 Å². The van der Waals surface area contributed by atoms with Gasteiger partial charge in [-0.25, -0.2) is 0 Å². The van der Waals surface area contributed by atoms with Crippen LogP contribution in [0.4, 0.5) is 17.1 Å². The predicted molar refractivity (Wildman–Crippen MR) is 150 cm³/mol. The van der Waals surface area contributed by atoms with Crippen LogP contribution < -0.4 is 15.5 Å². The molecule has 1 saturated heterocycles. The van der Waals surface area contributed by atoms with E-state index in [9.17, 15) is 9.59 Å². The predicted octanol–water partition coefficient (Wildman–Crippen LogP) is 5.18. The number of carbonyl (C=O) groups is 2. The van der Waals surface area contributed by atoms with Gasteiger partial charge in [0.05, 0.1) is 13.2 Å². The van der Waals surface area contributed by atoms with Gasteiger partial charge in [-0.15, -0.1) is 0 Å². The van der Waals surface area contributed by atoms with Gasteiger partial charge in [0, 0.05) is 47.8 Å². The molecule has 0 aromatic heterocycles. The van der Waals surface area contributed by atoms with Gasteiger partial charge < -0.3 is 20.3 Å². The highest BCUT2D eigenvalue weighted by Crippen LogP contribution is 2.23. The topological polar surface area (TPSA) is 73.9 Å². The molecule has 2 N–H and O–H groups in total. The minimum atomic E-state index is -0.226. The van der Waals surface area contributed by atoms with E-state index in [2.05, 4.69) is 34.3 Å². The van der Waals surface area contributed by atoms with Crippen LogP contribution >= 0.6 is 0 Å². The number of nitrogens with zero attached hydrogens (tertiary/aromatic N) is 2. The van der Waals surface area contributed by atoms with Crippen LogP contribution in [-0.4, -0.2) is 56.1 Å². The van der Waals surface area contributed by atoms with Crippen molar-refractivity contribution in [1.82, 2.24) is 4.90 Å². The van der Waals surface area contributed by atoms with E-state index in [0.717, 1.165) is 49.7 Å². The summed E-state index contributed by atoms with van der Waals surface area (Å²) in [7, 11) is 0. The number of rotatable bonds is 9. The van der Waals surface area contributed by atoms with Crippen molar-refractivity contribution in [3.63, 3.8) is 0 Å². The molecule has 1 aliphatic rings. The zero-order chi connectivity index (χ0) is 26.2. The lowest BCUT2D eigenvalue weighted by Gasteiger charge is -2.29. The van der Waals surface area contributed by atoms with Gasteiger partial charge in [-0.3, -0.25) is 14.5 Å². The molecule has 37 heavy (non-hydrogen) atoms. The number of aryl methyl sites for hydroxylation is 1. The Morgan fingerprint density at radius 1 is 0.865 bits per heavy atom. The fraction of sp³-hybridized carbons (Fsp3) is 0.333. The third-order valence-corrected chi connectivity index (χ3v) is 6.74. The lowest BCUT2D eigenvalue weighted by Crippen LogP contribution is -2.36. The molecular formula is C30H36N4O3. The van der Waals surface area contributed by atoms with E-state index in [-0.39, 0.29) is 11.8 Å². The Morgan fingerprint density at radius 3 is 2.24 bits per heavy atom. The third kappa shape index (κ3) is 6.96. The van der Waals surface area contributed by atoms with Crippen LogP contribution in [-0.2, 0) is 11.3 Å². The molecule has 0 atom stereocenters. The quantitative estimate of drug-likeness (QED) is 0.424. The molecule has 194 valence electrons. The van der Waals surface area contributed by atoms with Gasteiger partial charge in [0.25, 0.3) is 11.8 Å². The summed E-state index contributed by atoms with van der Waals surface area (Å²) in [5.74, 6) is -0.427. The largest absolute Gasteiger partial charge is 0.378 e. The maximum Gasteiger partial charge on any atom is 0.255 e. The highest BCUT2D eigenvalue weighted by molar-refractivity contribution is 6.08. The first-order valence-corrected chi connectivity index (χ1v) is 12.9. The van der Waals surface area contributed by atoms with Crippen LogP contribution in [0.2, 0.25) is 0 Å². The molecule has 7 heteroatoms. The number of hydrogen-bond acceptors (Lipinski definition) is 5. The van der Waals surface area contributed by atoms with Crippen molar-refractivity contribution in [3.8, 4) is 0 Å². The molecule has 4 rings (SSSR count). The van der Waals surface area contributed by atoms with E-state index in [1.54, 1.807) is 12.1 Å². The number of ether oxygens (including phenoxy) is 1. The molecule has 1 fully saturated rings. The number of morpholine rings is 1. The zero-order valence-electron chi connectivity index (χ0n) is 21.9. The van der Waals surface area contributed by atoms with Crippen molar-refractivity contribution < 1.29 is 14.3 Å². The monoisotopic (exact) mass is 500 g/mol. The van der Waals surface area contributed by atoms with E-state index in [4.69, 9.17) is 4.74 Å². The smallest absolute Gasteiger partial charge is 0.255 e. The minimum Gasteiger partial charge on any atom is -0.378 e. The number of carbonyl (C=O) groups excluding carboxylic acids is 2. The van der Waals surface area contributed by atoms with Gasteiger partial charge >= 0.3 is 0 Å². The van der Waals surface area contributed by atoms with Gasteiger partial charge in [0.2, 0.25) is 0 Å². The van der Waals surface area contributed by atoms with Crippen LogP contribution in [0.1, 0.15) is 45.7 Å². The number of anilines is 3. The Labute approximate surface area is 219 Å². The van der Waals surface area contributed by atoms with Crippen LogP contribution in [0, 0.1) is 6.92 Å². The highest BCUT2D eigenvalue weighted by Gasteiger charge is 2.14. The van der Waals surface area contributed by atoms with Gasteiger partial charge in [0.1, 0.15) is 0 Å². The lowest BCUT2D eigenvalue weighted by atomic mass is 10.1. The lowest BCUT2D eigenvalue weighted by molar-refractivity contribution is 0.101. The molecular weight excluding hydrogens is 464 g/mol. The fourth-order valence-corrected chi connectivity index (χ4v) is 4.36. The van der Waals surface area contributed by atoms with E-state index in [1.165, 1.54) is 5.56 Å². The normalized spacial score (nSPS) is 13.5. The molecule has 0 unspecified atom stereocenters. The number of hydrogen-bond donors (Lipinski definition) is 2. The third-order valence-electron chi connectivity index (χ3n) is 6.74. The van der Waals surface area contributed by atoms with E-state index >= 15 is 0 Å². The summed E-state index contributed by atoms with van der Waals surface area (Å²) in [6.07, 6.45) is 0. The number of nitrogens with one attached hydrogen (secondary N) is 2. The molecule has 0 radical (unpaired) electrons. The van der Waals surface area contributed by atoms with Crippen LogP contribution in [0.25, 0.3) is 0 Å². The number of amides is 2. The van der Waals surface area contributed by atoms with Crippen molar-refractivity contribution in [3.05, 3.63) is 89.0 Å². The zero-order valence-corrected chi connectivity index (χ0v) is 21.9. The Hall–Kier alpha value is -3.68. The Bertz CT molecular complexity index is 1220. The van der Waals surface area contributed by atoms with E-state index in [1.807, 2.05) is 61.5 Å². The van der Waals surface area contributed by atoms with Crippen molar-refractivity contribution in [2.75, 3.05) is 54.9 Å². The first-order chi connectivity index (χ1) is 18.0. The SMILES string of the molecule is CCN(CC)Cc1ccc(C(=O)Nc2cc(C(=O)Nc3cccc(N4CCOCC4)c3)ccc2C)cc1. The molecule has 0 aliphatic carbocycles. The molecule has 0 saturated carbocycles.